The summed E-state index contributed by atoms with van der Waals surface area (Å²) in [5.41, 5.74) is 6.10. The molecule has 5 nitrogen and oxygen atoms in total. The average molecular weight is 256 g/mol. The van der Waals surface area contributed by atoms with Crippen LogP contribution in [-0.4, -0.2) is 39.0 Å². The maximum absolute atomic E-state index is 12.3. The van der Waals surface area contributed by atoms with Gasteiger partial charge in [0.05, 0.1) is 11.5 Å². The second-order valence-corrected chi connectivity index (χ2v) is 5.88. The molecule has 17 heavy (non-hydrogen) atoms. The fourth-order valence-electron chi connectivity index (χ4n) is 1.75. The van der Waals surface area contributed by atoms with Gasteiger partial charge in [-0.1, -0.05) is 0 Å². The minimum absolute atomic E-state index is 0.286. The molecule has 1 fully saturated rings. The van der Waals surface area contributed by atoms with E-state index in [1.807, 2.05) is 0 Å². The molecule has 0 atom stereocenters. The molecule has 1 aromatic rings. The molecule has 0 aromatic heterocycles. The summed E-state index contributed by atoms with van der Waals surface area (Å²) in [5, 5.41) is 0. The molecule has 1 aliphatic rings. The highest BCUT2D eigenvalue weighted by molar-refractivity contribution is 7.89. The minimum Gasteiger partial charge on any atom is -0.399 e. The van der Waals surface area contributed by atoms with Crippen LogP contribution >= 0.6 is 0 Å². The Morgan fingerprint density at radius 3 is 2.53 bits per heavy atom. The predicted octanol–water partition coefficient (Wildman–Crippen LogP) is 0.680. The van der Waals surface area contributed by atoms with Crippen molar-refractivity contribution < 1.29 is 13.2 Å². The van der Waals surface area contributed by atoms with Crippen LogP contribution < -0.4 is 5.73 Å². The van der Waals surface area contributed by atoms with E-state index in [9.17, 15) is 8.42 Å². The van der Waals surface area contributed by atoms with Crippen LogP contribution in [0.15, 0.2) is 29.2 Å². The number of benzene rings is 1. The average Bonchev–Trinajstić information content (AvgIpc) is 2.58. The highest BCUT2D eigenvalue weighted by Gasteiger charge is 2.24. The summed E-state index contributed by atoms with van der Waals surface area (Å²) in [6.07, 6.45) is 0.730. The van der Waals surface area contributed by atoms with Crippen molar-refractivity contribution in [1.29, 1.82) is 0 Å². The van der Waals surface area contributed by atoms with Crippen LogP contribution in [0.5, 0.6) is 0 Å². The maximum Gasteiger partial charge on any atom is 0.243 e. The molecule has 0 spiro atoms. The Labute approximate surface area is 101 Å². The molecular weight excluding hydrogens is 240 g/mol. The number of nitrogen functional groups attached to an aromatic ring is 1. The number of hydrogen-bond acceptors (Lipinski definition) is 4. The van der Waals surface area contributed by atoms with E-state index in [2.05, 4.69) is 0 Å². The van der Waals surface area contributed by atoms with E-state index >= 15 is 0 Å². The lowest BCUT2D eigenvalue weighted by Gasteiger charge is -2.19. The first kappa shape index (κ1) is 12.3. The second-order valence-electron chi connectivity index (χ2n) is 3.94. The van der Waals surface area contributed by atoms with E-state index in [1.165, 1.54) is 16.4 Å². The Balaban J connectivity index is 2.25. The first-order valence-corrected chi connectivity index (χ1v) is 6.98. The van der Waals surface area contributed by atoms with Crippen LogP contribution in [0, 0.1) is 0 Å². The van der Waals surface area contributed by atoms with Crippen LogP contribution in [0.3, 0.4) is 0 Å². The fraction of sp³-hybridized carbons (Fsp3) is 0.455. The first-order valence-electron chi connectivity index (χ1n) is 5.54. The van der Waals surface area contributed by atoms with E-state index < -0.39 is 10.0 Å². The van der Waals surface area contributed by atoms with E-state index in [-0.39, 0.29) is 4.90 Å². The first-order chi connectivity index (χ1) is 8.10. The van der Waals surface area contributed by atoms with E-state index in [0.717, 1.165) is 6.42 Å². The molecule has 0 amide bonds. The number of nitrogens with two attached hydrogens (primary N) is 1. The fourth-order valence-corrected chi connectivity index (χ4v) is 3.21. The summed E-state index contributed by atoms with van der Waals surface area (Å²) in [6.45, 7) is 1.99. The highest BCUT2D eigenvalue weighted by atomic mass is 32.2. The number of sulfonamides is 1. The van der Waals surface area contributed by atoms with Crippen LogP contribution in [0.4, 0.5) is 5.69 Å². The van der Waals surface area contributed by atoms with Gasteiger partial charge in [-0.3, -0.25) is 0 Å². The number of anilines is 1. The number of rotatable bonds is 2. The predicted molar refractivity (Wildman–Crippen MR) is 65.0 cm³/mol. The van der Waals surface area contributed by atoms with Crippen molar-refractivity contribution in [3.05, 3.63) is 24.3 Å². The molecular formula is C11H16N2O3S. The summed E-state index contributed by atoms with van der Waals surface area (Å²) < 4.78 is 31.3. The largest absolute Gasteiger partial charge is 0.399 e. The monoisotopic (exact) mass is 256 g/mol. The van der Waals surface area contributed by atoms with Gasteiger partial charge in [-0.15, -0.1) is 0 Å². The third kappa shape index (κ3) is 2.77. The van der Waals surface area contributed by atoms with Crippen molar-refractivity contribution in [3.8, 4) is 0 Å². The molecule has 2 rings (SSSR count). The number of ether oxygens (including phenoxy) is 1. The summed E-state index contributed by atoms with van der Waals surface area (Å²) >= 11 is 0. The van der Waals surface area contributed by atoms with Crippen molar-refractivity contribution in [2.24, 2.45) is 0 Å². The van der Waals surface area contributed by atoms with Crippen LogP contribution in [-0.2, 0) is 14.8 Å². The van der Waals surface area contributed by atoms with E-state index in [4.69, 9.17) is 10.5 Å². The molecule has 2 N–H and O–H groups in total. The van der Waals surface area contributed by atoms with Gasteiger partial charge in [0.2, 0.25) is 10.0 Å². The van der Waals surface area contributed by atoms with Gasteiger partial charge in [0.25, 0.3) is 0 Å². The van der Waals surface area contributed by atoms with Crippen molar-refractivity contribution in [3.63, 3.8) is 0 Å². The Kier molecular flexibility index (Phi) is 3.66. The second kappa shape index (κ2) is 5.03. The Hall–Kier alpha value is -1.11. The molecule has 0 aliphatic carbocycles. The molecule has 1 aliphatic heterocycles. The smallest absolute Gasteiger partial charge is 0.243 e. The minimum atomic E-state index is -3.40. The van der Waals surface area contributed by atoms with Crippen molar-refractivity contribution in [2.75, 3.05) is 32.0 Å². The molecule has 0 unspecified atom stereocenters. The van der Waals surface area contributed by atoms with Gasteiger partial charge in [-0.2, -0.15) is 4.31 Å². The van der Waals surface area contributed by atoms with Crippen LogP contribution in [0.2, 0.25) is 0 Å². The Morgan fingerprint density at radius 1 is 1.12 bits per heavy atom. The summed E-state index contributed by atoms with van der Waals surface area (Å²) in [6, 6.07) is 6.27. The van der Waals surface area contributed by atoms with Crippen LogP contribution in [0.1, 0.15) is 6.42 Å². The SMILES string of the molecule is Nc1ccc(S(=O)(=O)N2CCCOCC2)cc1. The van der Waals surface area contributed by atoms with Crippen molar-refractivity contribution in [1.82, 2.24) is 4.31 Å². The molecule has 6 heteroatoms. The van der Waals surface area contributed by atoms with Crippen molar-refractivity contribution >= 4 is 15.7 Å². The molecule has 0 radical (unpaired) electrons. The quantitative estimate of drug-likeness (QED) is 0.790. The molecule has 1 saturated heterocycles. The van der Waals surface area contributed by atoms with E-state index in [0.29, 0.717) is 32.0 Å². The van der Waals surface area contributed by atoms with Gasteiger partial charge in [0, 0.05) is 25.4 Å². The Morgan fingerprint density at radius 2 is 1.82 bits per heavy atom. The van der Waals surface area contributed by atoms with Gasteiger partial charge < -0.3 is 10.5 Å². The van der Waals surface area contributed by atoms with Gasteiger partial charge in [-0.05, 0) is 30.7 Å². The summed E-state index contributed by atoms with van der Waals surface area (Å²) in [4.78, 5) is 0.286. The standard InChI is InChI=1S/C11H16N2O3S/c12-10-2-4-11(5-3-10)17(14,15)13-6-1-8-16-9-7-13/h2-5H,1,6-9,12H2. The lowest BCUT2D eigenvalue weighted by molar-refractivity contribution is 0.148. The Bertz CT molecular complexity index is 462. The number of nitrogens with zero attached hydrogens (tertiary/aromatic N) is 1. The van der Waals surface area contributed by atoms with Gasteiger partial charge in [-0.25, -0.2) is 8.42 Å². The number of hydrogen-bond donors (Lipinski definition) is 1. The molecule has 94 valence electrons. The third-order valence-corrected chi connectivity index (χ3v) is 4.61. The lowest BCUT2D eigenvalue weighted by atomic mass is 10.3. The van der Waals surface area contributed by atoms with E-state index in [1.54, 1.807) is 12.1 Å². The zero-order valence-electron chi connectivity index (χ0n) is 9.50. The van der Waals surface area contributed by atoms with Gasteiger partial charge in [0.15, 0.2) is 0 Å². The molecule has 1 aromatic carbocycles. The maximum atomic E-state index is 12.3. The molecule has 0 saturated carbocycles. The third-order valence-electron chi connectivity index (χ3n) is 2.70. The van der Waals surface area contributed by atoms with Crippen LogP contribution in [0.25, 0.3) is 0 Å². The highest BCUT2D eigenvalue weighted by Crippen LogP contribution is 2.18. The van der Waals surface area contributed by atoms with Gasteiger partial charge >= 0.3 is 0 Å². The lowest BCUT2D eigenvalue weighted by Crippen LogP contribution is -2.33. The summed E-state index contributed by atoms with van der Waals surface area (Å²) in [5.74, 6) is 0. The van der Waals surface area contributed by atoms with Crippen molar-refractivity contribution in [2.45, 2.75) is 11.3 Å². The zero-order chi connectivity index (χ0) is 12.3. The molecule has 0 bridgehead atoms. The zero-order valence-corrected chi connectivity index (χ0v) is 10.3. The topological polar surface area (TPSA) is 72.6 Å². The normalized spacial score (nSPS) is 18.8. The summed E-state index contributed by atoms with van der Waals surface area (Å²) in [7, 11) is -3.40. The van der Waals surface area contributed by atoms with Gasteiger partial charge in [0.1, 0.15) is 0 Å². The molecule has 1 heterocycles.